The Balaban J connectivity index is 1.88. The number of hydrogen-bond acceptors (Lipinski definition) is 4. The third-order valence-corrected chi connectivity index (χ3v) is 5.26. The van der Waals surface area contributed by atoms with E-state index in [1.165, 1.54) is 5.69 Å². The lowest BCUT2D eigenvalue weighted by atomic mass is 10.1. The average molecular weight is 389 g/mol. The molecule has 0 aliphatic rings. The first-order chi connectivity index (χ1) is 12.9. The van der Waals surface area contributed by atoms with Crippen LogP contribution in [0.4, 0.5) is 5.69 Å². The second kappa shape index (κ2) is 10.2. The third kappa shape index (κ3) is 7.53. The van der Waals surface area contributed by atoms with Crippen molar-refractivity contribution in [3.63, 3.8) is 0 Å². The second-order valence-corrected chi connectivity index (χ2v) is 7.96. The van der Waals surface area contributed by atoms with E-state index in [9.17, 15) is 13.0 Å². The number of benzene rings is 1. The number of pyridine rings is 1. The van der Waals surface area contributed by atoms with Crippen LogP contribution in [-0.2, 0) is 16.7 Å². The molecule has 0 unspecified atom stereocenters. The van der Waals surface area contributed by atoms with Gasteiger partial charge in [-0.15, -0.1) is 0 Å². The van der Waals surface area contributed by atoms with Crippen LogP contribution in [-0.4, -0.2) is 31.8 Å². The molecule has 146 valence electrons. The Morgan fingerprint density at radius 3 is 2.00 bits per heavy atom. The minimum Gasteiger partial charge on any atom is -0.748 e. The van der Waals surface area contributed by atoms with Gasteiger partial charge in [-0.25, -0.2) is 13.0 Å². The van der Waals surface area contributed by atoms with Crippen LogP contribution >= 0.6 is 0 Å². The second-order valence-electron chi connectivity index (χ2n) is 6.44. The van der Waals surface area contributed by atoms with Crippen molar-refractivity contribution in [2.45, 2.75) is 33.2 Å². The van der Waals surface area contributed by atoms with Crippen LogP contribution in [0.2, 0.25) is 0 Å². The Hall–Kier alpha value is -2.18. The lowest BCUT2D eigenvalue weighted by Crippen LogP contribution is -2.32. The Bertz CT molecular complexity index is 825. The molecule has 1 aromatic heterocycles. The molecule has 1 heterocycles. The summed E-state index contributed by atoms with van der Waals surface area (Å²) in [6, 6.07) is 12.6. The minimum atomic E-state index is -4.10. The topological polar surface area (TPSA) is 64.3 Å². The van der Waals surface area contributed by atoms with Crippen molar-refractivity contribution in [1.82, 2.24) is 0 Å². The molecule has 6 heteroatoms. The van der Waals surface area contributed by atoms with E-state index < -0.39 is 10.1 Å². The van der Waals surface area contributed by atoms with E-state index in [0.717, 1.165) is 24.2 Å². The van der Waals surface area contributed by atoms with Crippen LogP contribution in [0, 0.1) is 0 Å². The van der Waals surface area contributed by atoms with Crippen molar-refractivity contribution >= 4 is 28.0 Å². The van der Waals surface area contributed by atoms with E-state index in [0.29, 0.717) is 19.4 Å². The van der Waals surface area contributed by atoms with Crippen molar-refractivity contribution in [2.24, 2.45) is 0 Å². The Kier molecular flexibility index (Phi) is 8.00. The van der Waals surface area contributed by atoms with E-state index in [-0.39, 0.29) is 5.75 Å². The number of hydrogen-bond donors (Lipinski definition) is 0. The molecule has 0 aliphatic carbocycles. The van der Waals surface area contributed by atoms with E-state index in [1.54, 1.807) is 0 Å². The summed E-state index contributed by atoms with van der Waals surface area (Å²) in [5, 5.41) is 0. The molecule has 5 nitrogen and oxygen atoms in total. The maximum atomic E-state index is 10.6. The highest BCUT2D eigenvalue weighted by atomic mass is 32.2. The molecule has 27 heavy (non-hydrogen) atoms. The fourth-order valence-electron chi connectivity index (χ4n) is 2.88. The Labute approximate surface area is 162 Å². The van der Waals surface area contributed by atoms with E-state index >= 15 is 0 Å². The Morgan fingerprint density at radius 1 is 0.926 bits per heavy atom. The quantitative estimate of drug-likeness (QED) is 0.356. The zero-order valence-electron chi connectivity index (χ0n) is 16.0. The van der Waals surface area contributed by atoms with Crippen LogP contribution in [0.15, 0.2) is 48.8 Å². The largest absolute Gasteiger partial charge is 0.748 e. The highest BCUT2D eigenvalue weighted by Crippen LogP contribution is 2.16. The molecule has 0 atom stereocenters. The molecule has 0 aliphatic heterocycles. The zero-order chi connectivity index (χ0) is 19.7. The van der Waals surface area contributed by atoms with Gasteiger partial charge in [0.2, 0.25) is 0 Å². The molecule has 0 N–H and O–H groups in total. The van der Waals surface area contributed by atoms with Gasteiger partial charge in [-0.1, -0.05) is 24.3 Å². The standard InChI is InChI=1S/C21H28N2O3S/c1-3-23(4-2)21-11-9-19(10-12-21)7-8-20-13-16-22(17-14-20)15-5-6-18-27(24,25)26/h7-14,16-17H,3-6,15,18H2,1-2H3. The normalized spacial score (nSPS) is 11.8. The van der Waals surface area contributed by atoms with Gasteiger partial charge in [0.05, 0.1) is 10.1 Å². The molecule has 2 aromatic rings. The predicted molar refractivity (Wildman–Crippen MR) is 109 cm³/mol. The molecule has 0 saturated carbocycles. The lowest BCUT2D eigenvalue weighted by Gasteiger charge is -2.20. The van der Waals surface area contributed by atoms with E-state index in [1.807, 2.05) is 29.1 Å². The van der Waals surface area contributed by atoms with Crippen LogP contribution in [0.1, 0.15) is 37.8 Å². The van der Waals surface area contributed by atoms with Gasteiger partial charge >= 0.3 is 0 Å². The number of unbranched alkanes of at least 4 members (excludes halogenated alkanes) is 1. The third-order valence-electron chi connectivity index (χ3n) is 4.47. The van der Waals surface area contributed by atoms with E-state index in [2.05, 4.69) is 55.2 Å². The summed E-state index contributed by atoms with van der Waals surface area (Å²) < 4.78 is 33.8. The van der Waals surface area contributed by atoms with Gasteiger partial charge in [0.25, 0.3) is 0 Å². The molecule has 0 radical (unpaired) electrons. The number of aromatic nitrogens is 1. The summed E-state index contributed by atoms with van der Waals surface area (Å²) in [7, 11) is -4.10. The van der Waals surface area contributed by atoms with Gasteiger partial charge < -0.3 is 9.45 Å². The summed E-state index contributed by atoms with van der Waals surface area (Å²) in [5.74, 6) is -0.290. The van der Waals surface area contributed by atoms with Gasteiger partial charge in [0.1, 0.15) is 6.54 Å². The predicted octanol–water partition coefficient (Wildman–Crippen LogP) is 3.32. The highest BCUT2D eigenvalue weighted by molar-refractivity contribution is 7.85. The van der Waals surface area contributed by atoms with Gasteiger partial charge in [0.15, 0.2) is 12.4 Å². The molecule has 0 saturated heterocycles. The summed E-state index contributed by atoms with van der Waals surface area (Å²) in [4.78, 5) is 2.32. The van der Waals surface area contributed by atoms with Crippen molar-refractivity contribution in [3.05, 3.63) is 59.9 Å². The molecular formula is C21H28N2O3S. The van der Waals surface area contributed by atoms with Crippen LogP contribution in [0.3, 0.4) is 0 Å². The molecule has 0 spiro atoms. The number of aryl methyl sites for hydroxylation is 1. The molecule has 2 rings (SSSR count). The van der Waals surface area contributed by atoms with Crippen molar-refractivity contribution in [3.8, 4) is 0 Å². The minimum absolute atomic E-state index is 0.290. The van der Waals surface area contributed by atoms with Crippen molar-refractivity contribution < 1.29 is 17.5 Å². The van der Waals surface area contributed by atoms with Gasteiger partial charge in [-0.05, 0) is 43.5 Å². The summed E-state index contributed by atoms with van der Waals surface area (Å²) >= 11 is 0. The van der Waals surface area contributed by atoms with Gasteiger partial charge in [-0.2, -0.15) is 0 Å². The smallest absolute Gasteiger partial charge is 0.169 e. The summed E-state index contributed by atoms with van der Waals surface area (Å²) in [5.41, 5.74) is 3.49. The molecule has 0 amide bonds. The maximum absolute atomic E-state index is 10.6. The molecular weight excluding hydrogens is 360 g/mol. The van der Waals surface area contributed by atoms with Gasteiger partial charge in [-0.3, -0.25) is 0 Å². The SMILES string of the molecule is CCN(CC)c1ccc(/C=C/c2cc[n+](CCCCS(=O)(=O)[O-])cc2)cc1. The summed E-state index contributed by atoms with van der Waals surface area (Å²) in [6.45, 7) is 7.02. The Morgan fingerprint density at radius 2 is 1.48 bits per heavy atom. The molecule has 0 fully saturated rings. The number of nitrogens with zero attached hydrogens (tertiary/aromatic N) is 2. The monoisotopic (exact) mass is 388 g/mol. The number of anilines is 1. The van der Waals surface area contributed by atoms with Crippen LogP contribution < -0.4 is 9.47 Å². The van der Waals surface area contributed by atoms with Crippen molar-refractivity contribution in [2.75, 3.05) is 23.7 Å². The van der Waals surface area contributed by atoms with Crippen molar-refractivity contribution in [1.29, 1.82) is 0 Å². The van der Waals surface area contributed by atoms with Gasteiger partial charge in [0, 0.05) is 43.1 Å². The first kappa shape index (κ1) is 21.1. The molecule has 0 bridgehead atoms. The average Bonchev–Trinajstić information content (AvgIpc) is 2.66. The fourth-order valence-corrected chi connectivity index (χ4v) is 3.44. The fraction of sp³-hybridized carbons (Fsp3) is 0.381. The van der Waals surface area contributed by atoms with E-state index in [4.69, 9.17) is 0 Å². The first-order valence-electron chi connectivity index (χ1n) is 9.37. The highest BCUT2D eigenvalue weighted by Gasteiger charge is 2.02. The first-order valence-corrected chi connectivity index (χ1v) is 10.9. The van der Waals surface area contributed by atoms with Crippen LogP contribution in [0.5, 0.6) is 0 Å². The number of rotatable bonds is 10. The zero-order valence-corrected chi connectivity index (χ0v) is 16.9. The maximum Gasteiger partial charge on any atom is 0.169 e. The molecule has 1 aromatic carbocycles. The summed E-state index contributed by atoms with van der Waals surface area (Å²) in [6.07, 6.45) is 9.15. The van der Waals surface area contributed by atoms with Crippen LogP contribution in [0.25, 0.3) is 12.2 Å². The lowest BCUT2D eigenvalue weighted by molar-refractivity contribution is -0.697.